The van der Waals surface area contributed by atoms with Crippen LogP contribution in [0.5, 0.6) is 0 Å². The fourth-order valence-corrected chi connectivity index (χ4v) is 8.93. The zero-order valence-corrected chi connectivity index (χ0v) is 23.9. The first kappa shape index (κ1) is 27.5. The van der Waals surface area contributed by atoms with Crippen molar-refractivity contribution in [1.82, 2.24) is 20.2 Å². The van der Waals surface area contributed by atoms with E-state index >= 15 is 0 Å². The lowest BCUT2D eigenvalue weighted by atomic mass is 9.78. The van der Waals surface area contributed by atoms with Crippen LogP contribution in [-0.4, -0.2) is 70.3 Å². The second-order valence-corrected chi connectivity index (χ2v) is 15.1. The number of hydrogen-bond donors (Lipinski definition) is 2. The smallest absolute Gasteiger partial charge is 0.280 e. The molecule has 9 nitrogen and oxygen atoms in total. The lowest BCUT2D eigenvalue weighted by Gasteiger charge is -2.39. The number of nitrogens with one attached hydrogen (secondary N) is 2. The Morgan fingerprint density at radius 1 is 1.10 bits per heavy atom. The molecule has 2 bridgehead atoms. The molecule has 3 aliphatic heterocycles. The predicted octanol–water partition coefficient (Wildman–Crippen LogP) is 4.57. The van der Waals surface area contributed by atoms with E-state index in [4.69, 9.17) is 0 Å². The van der Waals surface area contributed by atoms with Crippen LogP contribution in [0, 0.1) is 0 Å². The molecule has 3 saturated heterocycles. The van der Waals surface area contributed by atoms with E-state index in [-0.39, 0.29) is 67.8 Å². The van der Waals surface area contributed by atoms with Crippen LogP contribution in [0.25, 0.3) is 10.4 Å². The molecule has 40 heavy (non-hydrogen) atoms. The van der Waals surface area contributed by atoms with E-state index in [1.165, 1.54) is 12.3 Å². The molecule has 2 aromatic rings. The maximum Gasteiger partial charge on any atom is 0.280 e. The monoisotopic (exact) mass is 593 g/mol. The van der Waals surface area contributed by atoms with E-state index in [0.29, 0.717) is 18.7 Å². The van der Waals surface area contributed by atoms with E-state index in [2.05, 4.69) is 20.6 Å². The molecule has 2 amide bonds. The molecule has 4 fully saturated rings. The largest absolute Gasteiger partial charge is 0.365 e. The van der Waals surface area contributed by atoms with Gasteiger partial charge in [0.05, 0.1) is 16.4 Å². The van der Waals surface area contributed by atoms with Crippen LogP contribution >= 0.6 is 11.3 Å². The lowest BCUT2D eigenvalue weighted by molar-refractivity contribution is 0.0725. The van der Waals surface area contributed by atoms with Gasteiger partial charge >= 0.3 is 0 Å². The van der Waals surface area contributed by atoms with E-state index in [1.54, 1.807) is 0 Å². The maximum absolute atomic E-state index is 14.4. The zero-order chi connectivity index (χ0) is 28.2. The van der Waals surface area contributed by atoms with Crippen molar-refractivity contribution in [3.63, 3.8) is 0 Å². The average Bonchev–Trinajstić information content (AvgIpc) is 3.63. The van der Waals surface area contributed by atoms with Gasteiger partial charge in [0, 0.05) is 41.0 Å². The number of aromatic nitrogens is 2. The number of carbonyl (C=O) groups excluding carboxylic acids is 2. The third-order valence-corrected chi connectivity index (χ3v) is 11.7. The van der Waals surface area contributed by atoms with E-state index in [9.17, 15) is 26.8 Å². The Hall–Kier alpha value is -2.67. The molecule has 0 aromatic carbocycles. The van der Waals surface area contributed by atoms with Crippen LogP contribution in [0.1, 0.15) is 97.0 Å². The number of sulfone groups is 1. The summed E-state index contributed by atoms with van der Waals surface area (Å²) in [7, 11) is -3.10. The van der Waals surface area contributed by atoms with Crippen LogP contribution in [0.3, 0.4) is 0 Å². The highest BCUT2D eigenvalue weighted by atomic mass is 32.2. The minimum absolute atomic E-state index is 0.00413. The fraction of sp³-hybridized carbons (Fsp3) is 0.630. The van der Waals surface area contributed by atoms with Gasteiger partial charge in [0.15, 0.2) is 5.01 Å². The highest BCUT2D eigenvalue weighted by molar-refractivity contribution is 7.91. The van der Waals surface area contributed by atoms with Gasteiger partial charge < -0.3 is 15.5 Å². The summed E-state index contributed by atoms with van der Waals surface area (Å²) in [6.45, 7) is 2.03. The Morgan fingerprint density at radius 2 is 1.75 bits per heavy atom. The molecule has 5 heterocycles. The van der Waals surface area contributed by atoms with Crippen LogP contribution in [-0.2, 0) is 9.84 Å². The number of anilines is 1. The SMILES string of the molecule is CC1(Nc2cc(C(F)F)c(-c3sc(C(=O)NC4CCS(=O)(=O)CC4)nc3C(=O)N3[C@H]4CC[C@H]3CC4)cn2)CCC1. The van der Waals surface area contributed by atoms with Crippen molar-refractivity contribution >= 4 is 38.8 Å². The van der Waals surface area contributed by atoms with E-state index < -0.39 is 22.2 Å². The summed E-state index contributed by atoms with van der Waals surface area (Å²) in [4.78, 5) is 37.9. The Bertz CT molecular complexity index is 1410. The molecule has 0 radical (unpaired) electrons. The predicted molar refractivity (Wildman–Crippen MR) is 148 cm³/mol. The summed E-state index contributed by atoms with van der Waals surface area (Å²) in [5.74, 6) is -0.553. The molecule has 6 rings (SSSR count). The second-order valence-electron chi connectivity index (χ2n) is 11.8. The van der Waals surface area contributed by atoms with Crippen LogP contribution < -0.4 is 10.6 Å². The van der Waals surface area contributed by atoms with Crippen molar-refractivity contribution < 1.29 is 26.8 Å². The van der Waals surface area contributed by atoms with Crippen molar-refractivity contribution in [2.45, 2.75) is 94.8 Å². The Kier molecular flexibility index (Phi) is 7.09. The van der Waals surface area contributed by atoms with Gasteiger partial charge in [-0.1, -0.05) is 0 Å². The number of halogens is 2. The minimum atomic E-state index is -3.10. The number of thiazole rings is 1. The Morgan fingerprint density at radius 3 is 2.33 bits per heavy atom. The van der Waals surface area contributed by atoms with Gasteiger partial charge in [-0.05, 0) is 70.8 Å². The van der Waals surface area contributed by atoms with E-state index in [0.717, 1.165) is 56.3 Å². The summed E-state index contributed by atoms with van der Waals surface area (Å²) < 4.78 is 52.4. The highest BCUT2D eigenvalue weighted by Gasteiger charge is 2.44. The van der Waals surface area contributed by atoms with Gasteiger partial charge in [0.2, 0.25) is 0 Å². The number of hydrogen-bond acceptors (Lipinski definition) is 8. The van der Waals surface area contributed by atoms with Crippen molar-refractivity contribution in [3.05, 3.63) is 28.5 Å². The first-order valence-electron chi connectivity index (χ1n) is 13.9. The number of pyridine rings is 1. The third-order valence-electron chi connectivity index (χ3n) is 8.90. The molecule has 2 aromatic heterocycles. The Labute approximate surface area is 236 Å². The second kappa shape index (κ2) is 10.3. The number of amides is 2. The number of carbonyl (C=O) groups is 2. The van der Waals surface area contributed by atoms with Gasteiger partial charge in [-0.25, -0.2) is 27.2 Å². The van der Waals surface area contributed by atoms with Gasteiger partial charge in [0.1, 0.15) is 21.3 Å². The molecule has 216 valence electrons. The summed E-state index contributed by atoms with van der Waals surface area (Å²) in [6.07, 6.45) is 5.63. The molecule has 4 aliphatic rings. The van der Waals surface area contributed by atoms with Crippen molar-refractivity contribution in [2.75, 3.05) is 16.8 Å². The fourth-order valence-electron chi connectivity index (χ4n) is 6.44. The van der Waals surface area contributed by atoms with Crippen molar-refractivity contribution in [2.24, 2.45) is 0 Å². The van der Waals surface area contributed by atoms with Gasteiger partial charge in [-0.15, -0.1) is 11.3 Å². The maximum atomic E-state index is 14.4. The van der Waals surface area contributed by atoms with Gasteiger partial charge in [-0.3, -0.25) is 9.59 Å². The molecule has 13 heteroatoms. The standard InChI is InChI=1S/C27H33F2N5O4S2/c1-27(9-2-10-27)33-20-13-18(23(28)29)19(14-30-20)22-21(26(36)34-16-3-4-17(34)6-5-16)32-25(39-22)24(35)31-15-7-11-40(37,38)12-8-15/h13-17,23H,2-12H2,1H3,(H,30,33)(H,31,35)/t16-,17-. The molecule has 2 N–H and O–H groups in total. The molecule has 0 atom stereocenters. The number of rotatable bonds is 7. The van der Waals surface area contributed by atoms with Crippen LogP contribution in [0.15, 0.2) is 12.3 Å². The third kappa shape index (κ3) is 5.22. The first-order valence-corrected chi connectivity index (χ1v) is 16.6. The lowest BCUT2D eigenvalue weighted by Crippen LogP contribution is -2.41. The summed E-state index contributed by atoms with van der Waals surface area (Å²) >= 11 is 0.903. The van der Waals surface area contributed by atoms with E-state index in [1.807, 2.05) is 11.8 Å². The van der Waals surface area contributed by atoms with Gasteiger partial charge in [0.25, 0.3) is 18.2 Å². The molecular formula is C27H33F2N5O4S2. The summed E-state index contributed by atoms with van der Waals surface area (Å²) in [5, 5.41) is 6.09. The van der Waals surface area contributed by atoms with Crippen molar-refractivity contribution in [1.29, 1.82) is 0 Å². The van der Waals surface area contributed by atoms with Crippen LogP contribution in [0.2, 0.25) is 0 Å². The number of alkyl halides is 2. The average molecular weight is 594 g/mol. The summed E-state index contributed by atoms with van der Waals surface area (Å²) in [6, 6.07) is 1.18. The number of fused-ring (bicyclic) bond motifs is 2. The molecule has 1 aliphatic carbocycles. The molecule has 0 unspecified atom stereocenters. The molecular weight excluding hydrogens is 560 g/mol. The molecule has 0 spiro atoms. The normalized spacial score (nSPS) is 25.1. The summed E-state index contributed by atoms with van der Waals surface area (Å²) in [5.41, 5.74) is -0.366. The minimum Gasteiger partial charge on any atom is -0.365 e. The quantitative estimate of drug-likeness (QED) is 0.482. The topological polar surface area (TPSA) is 121 Å². The highest BCUT2D eigenvalue weighted by Crippen LogP contribution is 2.43. The Balaban J connectivity index is 1.35. The first-order chi connectivity index (χ1) is 19.0. The number of nitrogens with zero attached hydrogens (tertiary/aromatic N) is 3. The van der Waals surface area contributed by atoms with Crippen LogP contribution in [0.4, 0.5) is 14.6 Å². The zero-order valence-electron chi connectivity index (χ0n) is 22.3. The van der Waals surface area contributed by atoms with Gasteiger partial charge in [-0.2, -0.15) is 0 Å². The molecule has 1 saturated carbocycles. The van der Waals surface area contributed by atoms with Crippen molar-refractivity contribution in [3.8, 4) is 10.4 Å².